The van der Waals surface area contributed by atoms with E-state index in [0.717, 1.165) is 19.3 Å². The zero-order valence-corrected chi connectivity index (χ0v) is 13.5. The predicted octanol–water partition coefficient (Wildman–Crippen LogP) is 1.67. The molecule has 1 rings (SSSR count). The maximum atomic E-state index is 11.3. The lowest BCUT2D eigenvalue weighted by Crippen LogP contribution is -2.35. The summed E-state index contributed by atoms with van der Waals surface area (Å²) >= 11 is 0. The third kappa shape index (κ3) is 7.35. The SMILES string of the molecule is CC(C)C[C@H](N)[C@@H](O)C=C(CCOC1CCCCO1)C(=O)O. The van der Waals surface area contributed by atoms with Gasteiger partial charge in [0, 0.05) is 24.6 Å². The second kappa shape index (κ2) is 9.94. The number of aliphatic carboxylic acids is 1. The van der Waals surface area contributed by atoms with Crippen LogP contribution >= 0.6 is 0 Å². The molecule has 0 bridgehead atoms. The number of carboxylic acid groups (broad SMARTS) is 1. The van der Waals surface area contributed by atoms with Gasteiger partial charge in [-0.2, -0.15) is 0 Å². The Labute approximate surface area is 132 Å². The van der Waals surface area contributed by atoms with E-state index in [2.05, 4.69) is 0 Å². The largest absolute Gasteiger partial charge is 0.478 e. The highest BCUT2D eigenvalue weighted by atomic mass is 16.7. The van der Waals surface area contributed by atoms with Gasteiger partial charge in [-0.1, -0.05) is 13.8 Å². The molecule has 0 spiro atoms. The first kappa shape index (κ1) is 19.1. The molecular formula is C16H29NO5. The van der Waals surface area contributed by atoms with Crippen LogP contribution in [0.5, 0.6) is 0 Å². The van der Waals surface area contributed by atoms with Crippen LogP contribution in [0.15, 0.2) is 11.6 Å². The maximum absolute atomic E-state index is 11.3. The van der Waals surface area contributed by atoms with Crippen LogP contribution in [0, 0.1) is 5.92 Å². The first-order valence-corrected chi connectivity index (χ1v) is 8.01. The highest BCUT2D eigenvalue weighted by Gasteiger charge is 2.18. The molecule has 6 nitrogen and oxygen atoms in total. The van der Waals surface area contributed by atoms with Crippen LogP contribution in [-0.2, 0) is 14.3 Å². The Balaban J connectivity index is 2.45. The van der Waals surface area contributed by atoms with Gasteiger partial charge in [0.05, 0.1) is 12.7 Å². The van der Waals surface area contributed by atoms with Crippen molar-refractivity contribution in [3.05, 3.63) is 11.6 Å². The van der Waals surface area contributed by atoms with Crippen molar-refractivity contribution < 1.29 is 24.5 Å². The van der Waals surface area contributed by atoms with E-state index in [0.29, 0.717) is 18.9 Å². The van der Waals surface area contributed by atoms with E-state index in [-0.39, 0.29) is 24.9 Å². The summed E-state index contributed by atoms with van der Waals surface area (Å²) in [7, 11) is 0. The third-order valence-electron chi connectivity index (χ3n) is 3.64. The average Bonchev–Trinajstić information content (AvgIpc) is 2.46. The van der Waals surface area contributed by atoms with E-state index >= 15 is 0 Å². The number of nitrogens with two attached hydrogens (primary N) is 1. The van der Waals surface area contributed by atoms with E-state index in [9.17, 15) is 15.0 Å². The Morgan fingerprint density at radius 1 is 1.45 bits per heavy atom. The lowest BCUT2D eigenvalue weighted by atomic mass is 9.98. The fourth-order valence-electron chi connectivity index (χ4n) is 2.42. The van der Waals surface area contributed by atoms with Gasteiger partial charge in [0.25, 0.3) is 0 Å². The first-order valence-electron chi connectivity index (χ1n) is 8.01. The van der Waals surface area contributed by atoms with Crippen LogP contribution in [0.25, 0.3) is 0 Å². The van der Waals surface area contributed by atoms with Crippen molar-refractivity contribution in [3.63, 3.8) is 0 Å². The van der Waals surface area contributed by atoms with E-state index in [1.807, 2.05) is 13.8 Å². The van der Waals surface area contributed by atoms with Crippen LogP contribution in [-0.4, -0.2) is 47.8 Å². The van der Waals surface area contributed by atoms with Crippen molar-refractivity contribution in [1.29, 1.82) is 0 Å². The lowest BCUT2D eigenvalue weighted by molar-refractivity contribution is -0.162. The van der Waals surface area contributed by atoms with Gasteiger partial charge < -0.3 is 25.4 Å². The summed E-state index contributed by atoms with van der Waals surface area (Å²) in [6.45, 7) is 4.96. The third-order valence-corrected chi connectivity index (χ3v) is 3.64. The van der Waals surface area contributed by atoms with Crippen molar-refractivity contribution in [3.8, 4) is 0 Å². The number of aliphatic hydroxyl groups is 1. The van der Waals surface area contributed by atoms with Crippen LogP contribution in [0.1, 0.15) is 46.0 Å². The molecule has 1 unspecified atom stereocenters. The smallest absolute Gasteiger partial charge is 0.331 e. The monoisotopic (exact) mass is 315 g/mol. The van der Waals surface area contributed by atoms with Gasteiger partial charge in [0.2, 0.25) is 0 Å². The number of carboxylic acids is 1. The number of rotatable bonds is 9. The molecule has 1 heterocycles. The van der Waals surface area contributed by atoms with E-state index in [4.69, 9.17) is 15.2 Å². The number of ether oxygens (including phenoxy) is 2. The Morgan fingerprint density at radius 3 is 2.73 bits per heavy atom. The van der Waals surface area contributed by atoms with E-state index in [1.54, 1.807) is 0 Å². The summed E-state index contributed by atoms with van der Waals surface area (Å²) in [5, 5.41) is 19.2. The predicted molar refractivity (Wildman–Crippen MR) is 83.3 cm³/mol. The molecule has 1 aliphatic rings. The minimum absolute atomic E-state index is 0.127. The number of hydrogen-bond acceptors (Lipinski definition) is 5. The first-order chi connectivity index (χ1) is 10.4. The van der Waals surface area contributed by atoms with Crippen LogP contribution in [0.3, 0.4) is 0 Å². The van der Waals surface area contributed by atoms with Crippen molar-refractivity contribution >= 4 is 5.97 Å². The summed E-state index contributed by atoms with van der Waals surface area (Å²) in [6, 6.07) is -0.461. The van der Waals surface area contributed by atoms with Crippen LogP contribution in [0.4, 0.5) is 0 Å². The highest BCUT2D eigenvalue weighted by Crippen LogP contribution is 2.15. The van der Waals surface area contributed by atoms with Crippen LogP contribution < -0.4 is 5.73 Å². The van der Waals surface area contributed by atoms with Crippen molar-refractivity contribution in [1.82, 2.24) is 0 Å². The highest BCUT2D eigenvalue weighted by molar-refractivity contribution is 5.86. The van der Waals surface area contributed by atoms with Crippen molar-refractivity contribution in [2.75, 3.05) is 13.2 Å². The molecule has 1 fully saturated rings. The minimum atomic E-state index is -1.05. The van der Waals surface area contributed by atoms with Gasteiger partial charge in [-0.3, -0.25) is 0 Å². The fourth-order valence-corrected chi connectivity index (χ4v) is 2.42. The van der Waals surface area contributed by atoms with Gasteiger partial charge in [0.1, 0.15) is 0 Å². The summed E-state index contributed by atoms with van der Waals surface area (Å²) in [5.41, 5.74) is 6.00. The van der Waals surface area contributed by atoms with Crippen molar-refractivity contribution in [2.45, 2.75) is 64.4 Å². The zero-order chi connectivity index (χ0) is 16.5. The molecule has 4 N–H and O–H groups in total. The van der Waals surface area contributed by atoms with Gasteiger partial charge in [-0.15, -0.1) is 0 Å². The topological polar surface area (TPSA) is 102 Å². The molecule has 0 amide bonds. The zero-order valence-electron chi connectivity index (χ0n) is 13.5. The molecule has 0 aromatic heterocycles. The van der Waals surface area contributed by atoms with Crippen LogP contribution in [0.2, 0.25) is 0 Å². The molecular weight excluding hydrogens is 286 g/mol. The summed E-state index contributed by atoms with van der Waals surface area (Å²) in [5.74, 6) is -0.706. The molecule has 6 heteroatoms. The van der Waals surface area contributed by atoms with E-state index in [1.165, 1.54) is 6.08 Å². The molecule has 22 heavy (non-hydrogen) atoms. The molecule has 0 aliphatic carbocycles. The van der Waals surface area contributed by atoms with Gasteiger partial charge >= 0.3 is 5.97 Å². The molecule has 3 atom stereocenters. The fraction of sp³-hybridized carbons (Fsp3) is 0.812. The second-order valence-electron chi connectivity index (χ2n) is 6.20. The number of carbonyl (C=O) groups is 1. The number of aliphatic hydroxyl groups excluding tert-OH is 1. The Hall–Kier alpha value is -0.950. The summed E-state index contributed by atoms with van der Waals surface area (Å²) in [6.07, 6.45) is 3.94. The molecule has 128 valence electrons. The number of hydrogen-bond donors (Lipinski definition) is 3. The molecule has 0 saturated carbocycles. The van der Waals surface area contributed by atoms with Crippen molar-refractivity contribution in [2.24, 2.45) is 11.7 Å². The molecule has 0 aromatic rings. The quantitative estimate of drug-likeness (QED) is 0.559. The Kier molecular flexibility index (Phi) is 8.63. The normalized spacial score (nSPS) is 22.6. The molecule has 1 aliphatic heterocycles. The average molecular weight is 315 g/mol. The Morgan fingerprint density at radius 2 is 2.18 bits per heavy atom. The maximum Gasteiger partial charge on any atom is 0.331 e. The standard InChI is InChI=1S/C16H29NO5/c1-11(2)9-13(17)14(18)10-12(16(19)20)6-8-22-15-5-3-4-7-21-15/h10-11,13-15,18H,3-9,17H2,1-2H3,(H,19,20)/t13-,14-,15?/m0/s1. The summed E-state index contributed by atoms with van der Waals surface area (Å²) in [4.78, 5) is 11.3. The van der Waals surface area contributed by atoms with Gasteiger partial charge in [-0.25, -0.2) is 4.79 Å². The van der Waals surface area contributed by atoms with E-state index < -0.39 is 18.1 Å². The molecule has 0 radical (unpaired) electrons. The minimum Gasteiger partial charge on any atom is -0.478 e. The van der Waals surface area contributed by atoms with Gasteiger partial charge in [0.15, 0.2) is 6.29 Å². The molecule has 0 aromatic carbocycles. The van der Waals surface area contributed by atoms with Gasteiger partial charge in [-0.05, 0) is 37.7 Å². The Bertz CT molecular complexity index is 364. The lowest BCUT2D eigenvalue weighted by Gasteiger charge is -2.23. The summed E-state index contributed by atoms with van der Waals surface area (Å²) < 4.78 is 11.0. The second-order valence-corrected chi connectivity index (χ2v) is 6.20. The molecule has 1 saturated heterocycles.